The summed E-state index contributed by atoms with van der Waals surface area (Å²) in [5.41, 5.74) is -0.355. The summed E-state index contributed by atoms with van der Waals surface area (Å²) in [6, 6.07) is 0. The minimum Gasteiger partial charge on any atom is -0.462 e. The molecule has 114 valence electrons. The first kappa shape index (κ1) is 14.5. The van der Waals surface area contributed by atoms with Gasteiger partial charge >= 0.3 is 5.97 Å². The lowest BCUT2D eigenvalue weighted by Crippen LogP contribution is -2.65. The molecule has 2 aliphatic heterocycles. The molecule has 3 atom stereocenters. The van der Waals surface area contributed by atoms with Gasteiger partial charge in [-0.2, -0.15) is 0 Å². The Balaban J connectivity index is 1.74. The second-order valence-electron chi connectivity index (χ2n) is 8.18. The third kappa shape index (κ3) is 1.69. The fourth-order valence-electron chi connectivity index (χ4n) is 3.60. The average molecular weight is 298 g/mol. The van der Waals surface area contributed by atoms with E-state index in [2.05, 4.69) is 33.9 Å². The highest BCUT2D eigenvalue weighted by Crippen LogP contribution is 2.65. The molecular weight excluding hydrogens is 272 g/mol. The Bertz CT molecular complexity index is 442. The molecule has 1 saturated carbocycles. The van der Waals surface area contributed by atoms with E-state index in [0.717, 1.165) is 26.1 Å². The maximum absolute atomic E-state index is 11.7. The van der Waals surface area contributed by atoms with E-state index in [4.69, 9.17) is 13.9 Å². The van der Waals surface area contributed by atoms with Crippen molar-refractivity contribution < 1.29 is 18.7 Å². The summed E-state index contributed by atoms with van der Waals surface area (Å²) >= 11 is 0. The molecule has 0 aromatic rings. The summed E-state index contributed by atoms with van der Waals surface area (Å²) < 4.78 is 17.7. The molecular formula is C15H26O4Si. The topological polar surface area (TPSA) is 44.8 Å². The first-order chi connectivity index (χ1) is 9.14. The summed E-state index contributed by atoms with van der Waals surface area (Å²) in [4.78, 5) is 11.7. The molecule has 0 bridgehead atoms. The quantitative estimate of drug-likeness (QED) is 0.593. The van der Waals surface area contributed by atoms with Gasteiger partial charge in [-0.3, -0.25) is 4.79 Å². The summed E-state index contributed by atoms with van der Waals surface area (Å²) in [5, 5.41) is 0.210. The highest BCUT2D eigenvalue weighted by atomic mass is 28.4. The molecule has 20 heavy (non-hydrogen) atoms. The third-order valence-corrected chi connectivity index (χ3v) is 10.7. The van der Waals surface area contributed by atoms with E-state index >= 15 is 0 Å². The van der Waals surface area contributed by atoms with Gasteiger partial charge in [0.15, 0.2) is 8.32 Å². The largest absolute Gasteiger partial charge is 0.462 e. The molecule has 3 rings (SSSR count). The average Bonchev–Trinajstić information content (AvgIpc) is 2.73. The standard InChI is InChI=1S/C15H26O4Si/c1-13(2,3)20(4,5)19-9-14-6-7-18-15(14)10-17-12(16)11(15)8-14/h11H,6-10H2,1-5H3. The van der Waals surface area contributed by atoms with Crippen LogP contribution < -0.4 is 0 Å². The van der Waals surface area contributed by atoms with Gasteiger partial charge < -0.3 is 13.9 Å². The lowest BCUT2D eigenvalue weighted by Gasteiger charge is -2.54. The van der Waals surface area contributed by atoms with Crippen molar-refractivity contribution in [3.8, 4) is 0 Å². The molecule has 2 heterocycles. The normalized spacial score (nSPS) is 40.0. The molecule has 3 fully saturated rings. The molecule has 1 spiro atoms. The Morgan fingerprint density at radius 1 is 1.40 bits per heavy atom. The van der Waals surface area contributed by atoms with Gasteiger partial charge in [0.25, 0.3) is 0 Å². The van der Waals surface area contributed by atoms with Crippen molar-refractivity contribution in [1.29, 1.82) is 0 Å². The van der Waals surface area contributed by atoms with Gasteiger partial charge in [-0.05, 0) is 31.0 Å². The van der Waals surface area contributed by atoms with Crippen LogP contribution in [0, 0.1) is 11.3 Å². The van der Waals surface area contributed by atoms with Crippen molar-refractivity contribution >= 4 is 14.3 Å². The van der Waals surface area contributed by atoms with Gasteiger partial charge in [-0.25, -0.2) is 0 Å². The van der Waals surface area contributed by atoms with E-state index in [1.807, 2.05) is 0 Å². The minimum absolute atomic E-state index is 0.0132. The van der Waals surface area contributed by atoms with Gasteiger partial charge in [0, 0.05) is 18.6 Å². The van der Waals surface area contributed by atoms with Crippen molar-refractivity contribution in [2.24, 2.45) is 11.3 Å². The molecule has 0 amide bonds. The Morgan fingerprint density at radius 2 is 2.10 bits per heavy atom. The summed E-state index contributed by atoms with van der Waals surface area (Å²) in [6.07, 6.45) is 1.87. The van der Waals surface area contributed by atoms with Crippen molar-refractivity contribution in [1.82, 2.24) is 0 Å². The van der Waals surface area contributed by atoms with E-state index in [-0.39, 0.29) is 27.9 Å². The van der Waals surface area contributed by atoms with Crippen LogP contribution in [0.3, 0.4) is 0 Å². The number of ether oxygens (including phenoxy) is 2. The van der Waals surface area contributed by atoms with Crippen LogP contribution in [-0.4, -0.2) is 39.7 Å². The van der Waals surface area contributed by atoms with Crippen LogP contribution in [-0.2, 0) is 18.7 Å². The van der Waals surface area contributed by atoms with Crippen LogP contribution >= 0.6 is 0 Å². The predicted molar refractivity (Wildman–Crippen MR) is 77.9 cm³/mol. The van der Waals surface area contributed by atoms with Crippen LogP contribution in [0.15, 0.2) is 0 Å². The Labute approximate surface area is 122 Å². The monoisotopic (exact) mass is 298 g/mol. The third-order valence-electron chi connectivity index (χ3n) is 6.22. The second kappa shape index (κ2) is 4.08. The zero-order valence-corrected chi connectivity index (χ0v) is 14.2. The number of carbonyl (C=O) groups excluding carboxylic acids is 1. The van der Waals surface area contributed by atoms with Crippen molar-refractivity contribution in [3.05, 3.63) is 0 Å². The van der Waals surface area contributed by atoms with Crippen LogP contribution in [0.2, 0.25) is 18.1 Å². The van der Waals surface area contributed by atoms with E-state index in [0.29, 0.717) is 6.61 Å². The summed E-state index contributed by atoms with van der Waals surface area (Å²) in [7, 11) is -1.76. The number of hydrogen-bond acceptors (Lipinski definition) is 4. The molecule has 2 saturated heterocycles. The smallest absolute Gasteiger partial charge is 0.312 e. The van der Waals surface area contributed by atoms with Crippen LogP contribution in [0.5, 0.6) is 0 Å². The molecule has 0 aromatic carbocycles. The first-order valence-corrected chi connectivity index (χ1v) is 10.5. The summed E-state index contributed by atoms with van der Waals surface area (Å²) in [5.74, 6) is -0.122. The number of carbonyl (C=O) groups is 1. The van der Waals surface area contributed by atoms with Gasteiger partial charge in [0.2, 0.25) is 0 Å². The zero-order valence-electron chi connectivity index (χ0n) is 13.2. The zero-order chi connectivity index (χ0) is 14.8. The van der Waals surface area contributed by atoms with Crippen molar-refractivity contribution in [3.63, 3.8) is 0 Å². The molecule has 4 nitrogen and oxygen atoms in total. The fourth-order valence-corrected chi connectivity index (χ4v) is 4.67. The molecule has 0 aromatic heterocycles. The Hall–Kier alpha value is -0.393. The first-order valence-electron chi connectivity index (χ1n) is 7.58. The molecule has 1 aliphatic carbocycles. The number of esters is 1. The fraction of sp³-hybridized carbons (Fsp3) is 0.933. The van der Waals surface area contributed by atoms with Crippen LogP contribution in [0.4, 0.5) is 0 Å². The van der Waals surface area contributed by atoms with Crippen molar-refractivity contribution in [2.75, 3.05) is 19.8 Å². The summed E-state index contributed by atoms with van der Waals surface area (Å²) in [6.45, 7) is 13.2. The van der Waals surface area contributed by atoms with Crippen LogP contribution in [0.25, 0.3) is 0 Å². The highest BCUT2D eigenvalue weighted by Gasteiger charge is 2.75. The highest BCUT2D eigenvalue weighted by molar-refractivity contribution is 6.74. The Kier molecular flexibility index (Phi) is 2.97. The van der Waals surface area contributed by atoms with E-state index in [9.17, 15) is 4.79 Å². The molecule has 3 unspecified atom stereocenters. The number of rotatable bonds is 3. The number of cyclic esters (lactones) is 1. The molecule has 3 aliphatic rings. The van der Waals surface area contributed by atoms with E-state index in [1.165, 1.54) is 0 Å². The Morgan fingerprint density at radius 3 is 2.70 bits per heavy atom. The van der Waals surface area contributed by atoms with Crippen molar-refractivity contribution in [2.45, 2.75) is 57.3 Å². The van der Waals surface area contributed by atoms with Crippen LogP contribution in [0.1, 0.15) is 33.6 Å². The molecule has 5 heteroatoms. The van der Waals surface area contributed by atoms with Gasteiger partial charge in [0.05, 0.1) is 5.92 Å². The molecule has 0 N–H and O–H groups in total. The maximum Gasteiger partial charge on any atom is 0.312 e. The van der Waals surface area contributed by atoms with Gasteiger partial charge in [0.1, 0.15) is 12.2 Å². The minimum atomic E-state index is -1.76. The van der Waals surface area contributed by atoms with E-state index in [1.54, 1.807) is 0 Å². The maximum atomic E-state index is 11.7. The number of hydrogen-bond donors (Lipinski definition) is 0. The lowest BCUT2D eigenvalue weighted by atomic mass is 9.52. The lowest BCUT2D eigenvalue weighted by molar-refractivity contribution is -0.182. The SMILES string of the molecule is CC(C)(C)[Si](C)(C)OCC12CCOC13COC(=O)C3C2. The molecule has 0 radical (unpaired) electrons. The van der Waals surface area contributed by atoms with E-state index < -0.39 is 8.32 Å². The van der Waals surface area contributed by atoms with Gasteiger partial charge in [-0.1, -0.05) is 20.8 Å². The van der Waals surface area contributed by atoms with Gasteiger partial charge in [-0.15, -0.1) is 0 Å². The second-order valence-corrected chi connectivity index (χ2v) is 13.0. The predicted octanol–water partition coefficient (Wildman–Crippen LogP) is 2.73.